The minimum Gasteiger partial charge on any atom is -0.497 e. The van der Waals surface area contributed by atoms with E-state index < -0.39 is 23.6 Å². The van der Waals surface area contributed by atoms with Crippen LogP contribution in [-0.4, -0.2) is 53.9 Å². The van der Waals surface area contributed by atoms with Gasteiger partial charge in [-0.25, -0.2) is 18.6 Å². The molecule has 0 saturated carbocycles. The maximum atomic E-state index is 14.7. The van der Waals surface area contributed by atoms with E-state index in [9.17, 15) is 18.4 Å². The van der Waals surface area contributed by atoms with Gasteiger partial charge in [0.1, 0.15) is 28.1 Å². The molecule has 4 rings (SSSR count). The second-order valence-electron chi connectivity index (χ2n) is 8.11. The molecule has 0 aliphatic rings. The molecule has 2 heterocycles. The van der Waals surface area contributed by atoms with Crippen LogP contribution in [0.25, 0.3) is 22.2 Å². The molecule has 0 aliphatic heterocycles. The average Bonchev–Trinajstić information content (AvgIpc) is 3.52. The van der Waals surface area contributed by atoms with Gasteiger partial charge in [0.2, 0.25) is 5.82 Å². The summed E-state index contributed by atoms with van der Waals surface area (Å²) in [4.78, 5) is 33.2. The van der Waals surface area contributed by atoms with Crippen molar-refractivity contribution in [3.8, 4) is 27.9 Å². The molecule has 0 aliphatic carbocycles. The van der Waals surface area contributed by atoms with Crippen molar-refractivity contribution in [1.82, 2.24) is 20.4 Å². The summed E-state index contributed by atoms with van der Waals surface area (Å²) in [6.45, 7) is 2.07. The zero-order valence-corrected chi connectivity index (χ0v) is 21.7. The number of nitrogens with two attached hydrogens (primary N) is 1. The molecule has 12 nitrogen and oxygen atoms in total. The number of methoxy groups -OCH3 is 2. The molecule has 1 atom stereocenters. The molecule has 5 N–H and O–H groups in total. The van der Waals surface area contributed by atoms with Crippen LogP contribution in [-0.2, 0) is 4.74 Å². The molecule has 1 unspecified atom stereocenters. The largest absolute Gasteiger partial charge is 0.497 e. The van der Waals surface area contributed by atoms with Crippen LogP contribution in [0.15, 0.2) is 40.9 Å². The van der Waals surface area contributed by atoms with E-state index in [1.54, 1.807) is 19.1 Å². The van der Waals surface area contributed by atoms with Gasteiger partial charge in [-0.15, -0.1) is 0 Å². The molecule has 0 fully saturated rings. The standard InChI is InChI=1S/C24H23F2N7O5S/c1-11(10-36-2)28-23(35)32-24-30-19(27)18(39-24)22-31-20(33-38-22)14-8-17(16(26)9-15(14)25)29-21(34)12-5-4-6-13(7-12)37-3/h4-9,11H,10,27H2,1-3H3,(H,29,34)(H2,28,30,32,35). The Morgan fingerprint density at radius 3 is 2.67 bits per heavy atom. The van der Waals surface area contributed by atoms with Gasteiger partial charge in [0.25, 0.3) is 11.8 Å². The van der Waals surface area contributed by atoms with Gasteiger partial charge in [-0.05, 0) is 31.2 Å². The number of carbonyl (C=O) groups excluding carboxylic acids is 2. The second kappa shape index (κ2) is 11.8. The summed E-state index contributed by atoms with van der Waals surface area (Å²) in [5.41, 5.74) is 5.61. The fraction of sp³-hybridized carbons (Fsp3) is 0.208. The molecular weight excluding hydrogens is 536 g/mol. The summed E-state index contributed by atoms with van der Waals surface area (Å²) in [7, 11) is 2.96. The van der Waals surface area contributed by atoms with Crippen LogP contribution in [0.2, 0.25) is 0 Å². The summed E-state index contributed by atoms with van der Waals surface area (Å²) in [6, 6.07) is 7.10. The number of benzene rings is 2. The van der Waals surface area contributed by atoms with Gasteiger partial charge in [0, 0.05) is 18.7 Å². The lowest BCUT2D eigenvalue weighted by Gasteiger charge is -2.12. The normalized spacial score (nSPS) is 11.6. The zero-order chi connectivity index (χ0) is 28.1. The van der Waals surface area contributed by atoms with Crippen molar-refractivity contribution in [1.29, 1.82) is 0 Å². The Hall–Kier alpha value is -4.63. The van der Waals surface area contributed by atoms with Gasteiger partial charge in [-0.1, -0.05) is 22.6 Å². The zero-order valence-electron chi connectivity index (χ0n) is 20.9. The van der Waals surface area contributed by atoms with Gasteiger partial charge in [0.15, 0.2) is 5.13 Å². The van der Waals surface area contributed by atoms with Gasteiger partial charge < -0.3 is 30.4 Å². The number of urea groups is 1. The van der Waals surface area contributed by atoms with Crippen LogP contribution in [0.3, 0.4) is 0 Å². The second-order valence-corrected chi connectivity index (χ2v) is 9.11. The average molecular weight is 560 g/mol. The Balaban J connectivity index is 1.54. The number of hydrogen-bond acceptors (Lipinski definition) is 10. The van der Waals surface area contributed by atoms with Crippen molar-refractivity contribution in [2.75, 3.05) is 37.2 Å². The minimum atomic E-state index is -1.00. The molecular formula is C24H23F2N7O5S. The topological polar surface area (TPSA) is 167 Å². The molecule has 0 spiro atoms. The van der Waals surface area contributed by atoms with E-state index in [1.165, 1.54) is 26.4 Å². The summed E-state index contributed by atoms with van der Waals surface area (Å²) in [5, 5.41) is 11.5. The molecule has 39 heavy (non-hydrogen) atoms. The van der Waals surface area contributed by atoms with E-state index in [1.807, 2.05) is 0 Å². The number of nitrogens with zero attached hydrogens (tertiary/aromatic N) is 3. The number of anilines is 3. The number of halogens is 2. The van der Waals surface area contributed by atoms with Crippen LogP contribution in [0.4, 0.5) is 30.2 Å². The van der Waals surface area contributed by atoms with Gasteiger partial charge in [-0.3, -0.25) is 10.1 Å². The Morgan fingerprint density at radius 1 is 1.13 bits per heavy atom. The van der Waals surface area contributed by atoms with Crippen LogP contribution >= 0.6 is 11.3 Å². The molecule has 3 amide bonds. The molecule has 0 radical (unpaired) electrons. The van der Waals surface area contributed by atoms with Crippen molar-refractivity contribution >= 4 is 39.9 Å². The molecule has 204 valence electrons. The summed E-state index contributed by atoms with van der Waals surface area (Å²) < 4.78 is 44.5. The fourth-order valence-corrected chi connectivity index (χ4v) is 4.19. The number of thiazole rings is 1. The van der Waals surface area contributed by atoms with Gasteiger partial charge in [0.05, 0.1) is 31.0 Å². The van der Waals surface area contributed by atoms with Crippen molar-refractivity contribution in [2.45, 2.75) is 13.0 Å². The summed E-state index contributed by atoms with van der Waals surface area (Å²) >= 11 is 0.952. The summed E-state index contributed by atoms with van der Waals surface area (Å²) in [6.07, 6.45) is 0. The molecule has 4 aromatic rings. The number of aromatic nitrogens is 3. The summed E-state index contributed by atoms with van der Waals surface area (Å²) in [5.74, 6) is -2.54. The first-order valence-electron chi connectivity index (χ1n) is 11.3. The third-order valence-corrected chi connectivity index (χ3v) is 6.14. The third-order valence-electron chi connectivity index (χ3n) is 5.17. The Kier molecular flexibility index (Phi) is 8.31. The van der Waals surface area contributed by atoms with Crippen molar-refractivity contribution in [2.24, 2.45) is 0 Å². The lowest BCUT2D eigenvalue weighted by molar-refractivity contribution is 0.102. The highest BCUT2D eigenvalue weighted by molar-refractivity contribution is 7.19. The molecule has 0 saturated heterocycles. The van der Waals surface area contributed by atoms with E-state index >= 15 is 0 Å². The SMILES string of the molecule is COCC(C)NC(=O)Nc1nc(N)c(-c2nc(-c3cc(NC(=O)c4cccc(OC)c4)c(F)cc3F)no2)s1. The number of carbonyl (C=O) groups is 2. The van der Waals surface area contributed by atoms with Crippen molar-refractivity contribution < 1.29 is 32.4 Å². The molecule has 0 bridgehead atoms. The maximum Gasteiger partial charge on any atom is 0.321 e. The van der Waals surface area contributed by atoms with Crippen molar-refractivity contribution in [3.63, 3.8) is 0 Å². The van der Waals surface area contributed by atoms with Crippen LogP contribution in [0.1, 0.15) is 17.3 Å². The lowest BCUT2D eigenvalue weighted by Crippen LogP contribution is -2.38. The molecule has 2 aromatic heterocycles. The molecule has 15 heteroatoms. The number of amides is 3. The third kappa shape index (κ3) is 6.45. The van der Waals surface area contributed by atoms with Gasteiger partial charge >= 0.3 is 6.03 Å². The smallest absolute Gasteiger partial charge is 0.321 e. The Morgan fingerprint density at radius 2 is 1.92 bits per heavy atom. The number of hydrogen-bond donors (Lipinski definition) is 4. The number of nitrogens with one attached hydrogen (secondary N) is 3. The predicted octanol–water partition coefficient (Wildman–Crippen LogP) is 4.14. The van der Waals surface area contributed by atoms with E-state index in [0.29, 0.717) is 18.4 Å². The highest BCUT2D eigenvalue weighted by atomic mass is 32.1. The number of ether oxygens (including phenoxy) is 2. The monoisotopic (exact) mass is 559 g/mol. The first-order chi connectivity index (χ1) is 18.7. The van der Waals surface area contributed by atoms with Crippen LogP contribution in [0, 0.1) is 11.6 Å². The quantitative estimate of drug-likeness (QED) is 0.236. The Labute approximate surface area is 224 Å². The van der Waals surface area contributed by atoms with E-state index in [0.717, 1.165) is 17.4 Å². The predicted molar refractivity (Wildman–Crippen MR) is 140 cm³/mol. The first-order valence-corrected chi connectivity index (χ1v) is 12.1. The Bertz CT molecular complexity index is 1510. The van der Waals surface area contributed by atoms with E-state index in [4.69, 9.17) is 19.7 Å². The van der Waals surface area contributed by atoms with Gasteiger partial charge in [-0.2, -0.15) is 4.98 Å². The van der Waals surface area contributed by atoms with E-state index in [-0.39, 0.29) is 50.4 Å². The maximum absolute atomic E-state index is 14.7. The van der Waals surface area contributed by atoms with Crippen LogP contribution < -0.4 is 26.4 Å². The van der Waals surface area contributed by atoms with Crippen LogP contribution in [0.5, 0.6) is 5.75 Å². The number of rotatable bonds is 9. The van der Waals surface area contributed by atoms with E-state index in [2.05, 4.69) is 31.1 Å². The lowest BCUT2D eigenvalue weighted by atomic mass is 10.1. The highest BCUT2D eigenvalue weighted by Crippen LogP contribution is 2.35. The van der Waals surface area contributed by atoms with Crippen molar-refractivity contribution in [3.05, 3.63) is 53.6 Å². The fourth-order valence-electron chi connectivity index (χ4n) is 3.39. The highest BCUT2D eigenvalue weighted by Gasteiger charge is 2.22. The number of nitrogen functional groups attached to an aromatic ring is 1. The minimum absolute atomic E-state index is 0.0127. The first kappa shape index (κ1) is 27.4. The molecule has 2 aromatic carbocycles.